The molecule has 1 aliphatic heterocycles. The molecule has 0 aromatic carbocycles. The fourth-order valence-electron chi connectivity index (χ4n) is 2.29. The molecule has 3 heteroatoms. The first-order valence-corrected chi connectivity index (χ1v) is 6.22. The Kier molecular flexibility index (Phi) is 5.58. The van der Waals surface area contributed by atoms with E-state index in [1.807, 2.05) is 0 Å². The van der Waals surface area contributed by atoms with E-state index in [4.69, 9.17) is 5.73 Å². The SMILES string of the molecule is CC(CCN)N(C)CC1CCN(C)CC1. The van der Waals surface area contributed by atoms with Crippen LogP contribution in [0.2, 0.25) is 0 Å². The lowest BCUT2D eigenvalue weighted by Crippen LogP contribution is -2.39. The second-order valence-electron chi connectivity index (χ2n) is 5.11. The Hall–Kier alpha value is -0.120. The van der Waals surface area contributed by atoms with E-state index in [0.717, 1.165) is 18.9 Å². The molecule has 0 aromatic rings. The molecule has 0 amide bonds. The summed E-state index contributed by atoms with van der Waals surface area (Å²) in [5.41, 5.74) is 5.59. The molecule has 1 saturated heterocycles. The number of likely N-dealkylation sites (tertiary alicyclic amines) is 1. The number of hydrogen-bond donors (Lipinski definition) is 1. The maximum absolute atomic E-state index is 5.59. The second kappa shape index (κ2) is 6.46. The highest BCUT2D eigenvalue weighted by atomic mass is 15.1. The lowest BCUT2D eigenvalue weighted by Gasteiger charge is -2.33. The third kappa shape index (κ3) is 4.49. The van der Waals surface area contributed by atoms with Crippen LogP contribution in [0, 0.1) is 5.92 Å². The van der Waals surface area contributed by atoms with Gasteiger partial charge < -0.3 is 15.5 Å². The van der Waals surface area contributed by atoms with Crippen LogP contribution in [0.1, 0.15) is 26.2 Å². The Morgan fingerprint density at radius 3 is 2.53 bits per heavy atom. The van der Waals surface area contributed by atoms with Gasteiger partial charge >= 0.3 is 0 Å². The molecule has 0 spiro atoms. The van der Waals surface area contributed by atoms with Crippen molar-refractivity contribution in [2.75, 3.05) is 40.3 Å². The van der Waals surface area contributed by atoms with Crippen molar-refractivity contribution in [3.63, 3.8) is 0 Å². The fourth-order valence-corrected chi connectivity index (χ4v) is 2.29. The molecule has 2 N–H and O–H groups in total. The summed E-state index contributed by atoms with van der Waals surface area (Å²) >= 11 is 0. The molecule has 1 fully saturated rings. The smallest absolute Gasteiger partial charge is 0.00760 e. The predicted octanol–water partition coefficient (Wildman–Crippen LogP) is 0.997. The summed E-state index contributed by atoms with van der Waals surface area (Å²) in [6.07, 6.45) is 3.83. The molecule has 15 heavy (non-hydrogen) atoms. The van der Waals surface area contributed by atoms with Crippen molar-refractivity contribution in [3.8, 4) is 0 Å². The molecule has 3 nitrogen and oxygen atoms in total. The molecule has 1 heterocycles. The van der Waals surface area contributed by atoms with E-state index in [1.165, 1.54) is 32.5 Å². The second-order valence-corrected chi connectivity index (χ2v) is 5.11. The van der Waals surface area contributed by atoms with Gasteiger partial charge in [0.2, 0.25) is 0 Å². The first-order chi connectivity index (χ1) is 7.13. The standard InChI is InChI=1S/C12H27N3/c1-11(4-7-13)15(3)10-12-5-8-14(2)9-6-12/h11-12H,4-10,13H2,1-3H3. The largest absolute Gasteiger partial charge is 0.330 e. The van der Waals surface area contributed by atoms with Crippen LogP contribution in [-0.4, -0.2) is 56.1 Å². The molecule has 1 rings (SSSR count). The van der Waals surface area contributed by atoms with Gasteiger partial charge in [-0.1, -0.05) is 0 Å². The minimum atomic E-state index is 0.634. The van der Waals surface area contributed by atoms with Crippen LogP contribution >= 0.6 is 0 Å². The topological polar surface area (TPSA) is 32.5 Å². The van der Waals surface area contributed by atoms with E-state index < -0.39 is 0 Å². The molecule has 0 aliphatic carbocycles. The van der Waals surface area contributed by atoms with E-state index in [-0.39, 0.29) is 0 Å². The molecular weight excluding hydrogens is 186 g/mol. The summed E-state index contributed by atoms with van der Waals surface area (Å²) < 4.78 is 0. The molecule has 0 bridgehead atoms. The first kappa shape index (κ1) is 12.9. The van der Waals surface area contributed by atoms with Gasteiger partial charge in [0.25, 0.3) is 0 Å². The van der Waals surface area contributed by atoms with Gasteiger partial charge in [0.15, 0.2) is 0 Å². The summed E-state index contributed by atoms with van der Waals surface area (Å²) in [4.78, 5) is 4.91. The summed E-state index contributed by atoms with van der Waals surface area (Å²) in [5, 5.41) is 0. The lowest BCUT2D eigenvalue weighted by atomic mass is 9.96. The number of piperidine rings is 1. The summed E-state index contributed by atoms with van der Waals surface area (Å²) in [7, 11) is 4.45. The monoisotopic (exact) mass is 213 g/mol. The Morgan fingerprint density at radius 2 is 2.00 bits per heavy atom. The van der Waals surface area contributed by atoms with Gasteiger partial charge in [0.05, 0.1) is 0 Å². The van der Waals surface area contributed by atoms with Crippen molar-refractivity contribution in [1.82, 2.24) is 9.80 Å². The average molecular weight is 213 g/mol. The van der Waals surface area contributed by atoms with Crippen molar-refractivity contribution >= 4 is 0 Å². The van der Waals surface area contributed by atoms with E-state index in [9.17, 15) is 0 Å². The zero-order valence-electron chi connectivity index (χ0n) is 10.6. The van der Waals surface area contributed by atoms with Gasteiger partial charge in [-0.15, -0.1) is 0 Å². The van der Waals surface area contributed by atoms with Crippen LogP contribution in [0.4, 0.5) is 0 Å². The number of nitrogens with two attached hydrogens (primary N) is 1. The Balaban J connectivity index is 2.22. The average Bonchev–Trinajstić information content (AvgIpc) is 2.22. The van der Waals surface area contributed by atoms with Crippen LogP contribution in [0.15, 0.2) is 0 Å². The molecule has 0 radical (unpaired) electrons. The van der Waals surface area contributed by atoms with Crippen LogP contribution < -0.4 is 5.73 Å². The molecule has 1 unspecified atom stereocenters. The highest BCUT2D eigenvalue weighted by Crippen LogP contribution is 2.17. The van der Waals surface area contributed by atoms with Gasteiger partial charge in [0, 0.05) is 12.6 Å². The maximum Gasteiger partial charge on any atom is 0.00760 e. The van der Waals surface area contributed by atoms with Gasteiger partial charge in [-0.3, -0.25) is 0 Å². The van der Waals surface area contributed by atoms with Crippen molar-refractivity contribution < 1.29 is 0 Å². The Morgan fingerprint density at radius 1 is 1.40 bits per heavy atom. The van der Waals surface area contributed by atoms with E-state index in [1.54, 1.807) is 0 Å². The molecule has 1 atom stereocenters. The quantitative estimate of drug-likeness (QED) is 0.739. The predicted molar refractivity (Wildman–Crippen MR) is 66.0 cm³/mol. The van der Waals surface area contributed by atoms with Crippen molar-refractivity contribution in [3.05, 3.63) is 0 Å². The summed E-state index contributed by atoms with van der Waals surface area (Å²) in [6.45, 7) is 6.86. The highest BCUT2D eigenvalue weighted by Gasteiger charge is 2.19. The molecule has 0 saturated carbocycles. The van der Waals surface area contributed by atoms with Gasteiger partial charge in [-0.2, -0.15) is 0 Å². The van der Waals surface area contributed by atoms with E-state index >= 15 is 0 Å². The van der Waals surface area contributed by atoms with Crippen molar-refractivity contribution in [1.29, 1.82) is 0 Å². The van der Waals surface area contributed by atoms with Gasteiger partial charge in [0.1, 0.15) is 0 Å². The minimum absolute atomic E-state index is 0.634. The summed E-state index contributed by atoms with van der Waals surface area (Å²) in [5.74, 6) is 0.895. The van der Waals surface area contributed by atoms with Gasteiger partial charge in [-0.05, 0) is 65.8 Å². The van der Waals surface area contributed by atoms with Crippen molar-refractivity contribution in [2.24, 2.45) is 11.7 Å². The molecule has 90 valence electrons. The zero-order chi connectivity index (χ0) is 11.3. The molecule has 1 aliphatic rings. The van der Waals surface area contributed by atoms with E-state index in [2.05, 4.69) is 30.8 Å². The lowest BCUT2D eigenvalue weighted by molar-refractivity contribution is 0.152. The van der Waals surface area contributed by atoms with Crippen LogP contribution in [0.5, 0.6) is 0 Å². The third-order valence-electron chi connectivity index (χ3n) is 3.72. The number of nitrogens with zero attached hydrogens (tertiary/aromatic N) is 2. The Bertz CT molecular complexity index is 164. The first-order valence-electron chi connectivity index (χ1n) is 6.22. The van der Waals surface area contributed by atoms with E-state index in [0.29, 0.717) is 6.04 Å². The fraction of sp³-hybridized carbons (Fsp3) is 1.00. The van der Waals surface area contributed by atoms with Crippen LogP contribution in [0.3, 0.4) is 0 Å². The number of rotatable bonds is 5. The number of hydrogen-bond acceptors (Lipinski definition) is 3. The minimum Gasteiger partial charge on any atom is -0.330 e. The van der Waals surface area contributed by atoms with Crippen LogP contribution in [-0.2, 0) is 0 Å². The molecular formula is C12H27N3. The maximum atomic E-state index is 5.59. The van der Waals surface area contributed by atoms with Crippen LogP contribution in [0.25, 0.3) is 0 Å². The zero-order valence-corrected chi connectivity index (χ0v) is 10.6. The van der Waals surface area contributed by atoms with Gasteiger partial charge in [-0.25, -0.2) is 0 Å². The highest BCUT2D eigenvalue weighted by molar-refractivity contribution is 4.74. The van der Waals surface area contributed by atoms with Crippen molar-refractivity contribution in [2.45, 2.75) is 32.2 Å². The Labute approximate surface area is 94.6 Å². The summed E-state index contributed by atoms with van der Waals surface area (Å²) in [6, 6.07) is 0.634. The third-order valence-corrected chi connectivity index (χ3v) is 3.72. The molecule has 0 aromatic heterocycles. The normalized spacial score (nSPS) is 22.2.